The summed E-state index contributed by atoms with van der Waals surface area (Å²) in [5.74, 6) is 0.321. The molecule has 2 aromatic carbocycles. The van der Waals surface area contributed by atoms with Crippen molar-refractivity contribution in [2.75, 3.05) is 12.4 Å². The Morgan fingerprint density at radius 1 is 1.22 bits per heavy atom. The van der Waals surface area contributed by atoms with Crippen LogP contribution in [0.15, 0.2) is 47.5 Å². The fourth-order valence-electron chi connectivity index (χ4n) is 2.31. The summed E-state index contributed by atoms with van der Waals surface area (Å²) in [7, 11) is 1.52. The Morgan fingerprint density at radius 2 is 2.00 bits per heavy atom. The second-order valence-corrected chi connectivity index (χ2v) is 7.57. The molecule has 0 unspecified atom stereocenters. The average Bonchev–Trinajstić information content (AvgIpc) is 2.97. The van der Waals surface area contributed by atoms with Gasteiger partial charge in [-0.05, 0) is 43.3 Å². The zero-order chi connectivity index (χ0) is 19.6. The number of aromatic nitrogens is 1. The van der Waals surface area contributed by atoms with Crippen LogP contribution in [-0.4, -0.2) is 17.0 Å². The molecule has 0 aliphatic heterocycles. The van der Waals surface area contributed by atoms with Gasteiger partial charge in [-0.25, -0.2) is 13.3 Å². The molecule has 0 bridgehead atoms. The molecule has 9 heteroatoms. The first-order valence-corrected chi connectivity index (χ1v) is 9.29. The number of methoxy groups -OCH3 is 1. The maximum atomic E-state index is 13.5. The summed E-state index contributed by atoms with van der Waals surface area (Å²) in [5.41, 5.74) is 1.31. The van der Waals surface area contributed by atoms with E-state index in [0.717, 1.165) is 4.88 Å². The second-order valence-electron chi connectivity index (χ2n) is 5.53. The number of aliphatic imine (C=N–C) groups is 1. The minimum atomic E-state index is -0.513. The van der Waals surface area contributed by atoms with Crippen molar-refractivity contribution in [3.8, 4) is 5.75 Å². The largest absolute Gasteiger partial charge is 0.494 e. The monoisotopic (exact) mass is 424 g/mol. The first kappa shape index (κ1) is 19.4. The lowest BCUT2D eigenvalue weighted by molar-refractivity contribution is 0.416. The molecule has 0 saturated carbocycles. The van der Waals surface area contributed by atoms with Crippen LogP contribution >= 0.6 is 34.7 Å². The Bertz CT molecular complexity index is 1080. The van der Waals surface area contributed by atoms with Gasteiger partial charge < -0.3 is 10.1 Å². The quantitative estimate of drug-likeness (QED) is 0.434. The van der Waals surface area contributed by atoms with Gasteiger partial charge in [-0.15, -0.1) is 0 Å². The third-order valence-corrected chi connectivity index (χ3v) is 5.01. The van der Waals surface area contributed by atoms with Crippen LogP contribution in [0.5, 0.6) is 5.75 Å². The Hall–Kier alpha value is -2.35. The van der Waals surface area contributed by atoms with Crippen LogP contribution < -0.4 is 15.5 Å². The number of nitrogens with one attached hydrogen (secondary N) is 2. The van der Waals surface area contributed by atoms with Crippen LogP contribution in [-0.2, 0) is 0 Å². The normalized spacial score (nSPS) is 11.5. The maximum absolute atomic E-state index is 13.5. The van der Waals surface area contributed by atoms with E-state index in [1.54, 1.807) is 34.3 Å². The van der Waals surface area contributed by atoms with Gasteiger partial charge in [0, 0.05) is 21.7 Å². The van der Waals surface area contributed by atoms with Gasteiger partial charge in [-0.2, -0.15) is 0 Å². The van der Waals surface area contributed by atoms with E-state index in [1.165, 1.54) is 30.8 Å². The first-order chi connectivity index (χ1) is 12.9. The van der Waals surface area contributed by atoms with Crippen molar-refractivity contribution in [3.63, 3.8) is 0 Å². The van der Waals surface area contributed by atoms with E-state index in [2.05, 4.69) is 10.3 Å². The number of ether oxygens (including phenoxy) is 1. The summed E-state index contributed by atoms with van der Waals surface area (Å²) in [4.78, 5) is 5.54. The van der Waals surface area contributed by atoms with Crippen molar-refractivity contribution < 1.29 is 9.13 Å². The van der Waals surface area contributed by atoms with Crippen LogP contribution in [0.3, 0.4) is 0 Å². The van der Waals surface area contributed by atoms with Crippen LogP contribution in [0, 0.1) is 18.2 Å². The molecule has 3 aromatic rings. The number of anilines is 1. The molecule has 0 fully saturated rings. The molecule has 1 aromatic heterocycles. The van der Waals surface area contributed by atoms with Crippen LogP contribution in [0.1, 0.15) is 4.88 Å². The summed E-state index contributed by atoms with van der Waals surface area (Å²) in [6.07, 6.45) is 0. The number of hydrogen-bond acceptors (Lipinski definition) is 4. The van der Waals surface area contributed by atoms with Gasteiger partial charge in [0.2, 0.25) is 5.96 Å². The van der Waals surface area contributed by atoms with Crippen molar-refractivity contribution in [3.05, 3.63) is 68.7 Å². The summed E-state index contributed by atoms with van der Waals surface area (Å²) in [6.45, 7) is 1.90. The molecule has 0 aliphatic carbocycles. The highest BCUT2D eigenvalue weighted by atomic mass is 35.5. The number of hydrogen-bond donors (Lipinski definition) is 2. The molecule has 0 amide bonds. The average molecular weight is 425 g/mol. The lowest BCUT2D eigenvalue weighted by Gasteiger charge is -2.12. The fraction of sp³-hybridized carbons (Fsp3) is 0.111. The highest BCUT2D eigenvalue weighted by molar-refractivity contribution is 7.07. The van der Waals surface area contributed by atoms with E-state index in [1.807, 2.05) is 6.92 Å². The SMILES string of the molecule is COc1cc(Cl)ccc1N=C(Nc1ccc(F)c(Cl)c1)n1sc(C)cc1=N. The Balaban J connectivity index is 2.11. The highest BCUT2D eigenvalue weighted by Crippen LogP contribution is 2.31. The topological polar surface area (TPSA) is 62.4 Å². The number of rotatable bonds is 3. The molecule has 0 atom stereocenters. The molecular weight excluding hydrogens is 410 g/mol. The van der Waals surface area contributed by atoms with E-state index in [9.17, 15) is 4.39 Å². The van der Waals surface area contributed by atoms with Crippen molar-refractivity contribution >= 4 is 52.1 Å². The lowest BCUT2D eigenvalue weighted by atomic mass is 10.3. The van der Waals surface area contributed by atoms with Crippen LogP contribution in [0.4, 0.5) is 15.8 Å². The van der Waals surface area contributed by atoms with Gasteiger partial charge in [0.05, 0.1) is 12.1 Å². The summed E-state index contributed by atoms with van der Waals surface area (Å²) in [6, 6.07) is 11.0. The molecule has 5 nitrogen and oxygen atoms in total. The summed E-state index contributed by atoms with van der Waals surface area (Å²) in [5, 5.41) is 11.8. The molecule has 140 valence electrons. The van der Waals surface area contributed by atoms with Crippen molar-refractivity contribution in [1.29, 1.82) is 5.41 Å². The van der Waals surface area contributed by atoms with E-state index >= 15 is 0 Å². The first-order valence-electron chi connectivity index (χ1n) is 7.76. The van der Waals surface area contributed by atoms with E-state index in [-0.39, 0.29) is 10.5 Å². The molecular formula is C18H15Cl2FN4OS. The molecule has 2 N–H and O–H groups in total. The molecule has 0 radical (unpaired) electrons. The smallest absolute Gasteiger partial charge is 0.223 e. The molecule has 0 aliphatic rings. The van der Waals surface area contributed by atoms with Gasteiger partial charge in [0.15, 0.2) is 0 Å². The number of benzene rings is 2. The molecule has 0 spiro atoms. The summed E-state index contributed by atoms with van der Waals surface area (Å²) >= 11 is 13.2. The molecule has 1 heterocycles. The highest BCUT2D eigenvalue weighted by Gasteiger charge is 2.12. The standard InChI is InChI=1S/C18H15Cl2FN4OS/c1-10-7-17(22)25(27-10)18(23-12-4-5-14(21)13(20)9-12)24-15-6-3-11(19)8-16(15)26-2/h3-9,22H,1-2H3,(H,23,24). The predicted octanol–water partition coefficient (Wildman–Crippen LogP) is 5.44. The van der Waals surface area contributed by atoms with Gasteiger partial charge in [0.25, 0.3) is 0 Å². The Labute approximate surface area is 169 Å². The lowest BCUT2D eigenvalue weighted by Crippen LogP contribution is -2.28. The minimum absolute atomic E-state index is 0.0121. The third kappa shape index (κ3) is 4.50. The van der Waals surface area contributed by atoms with Crippen molar-refractivity contribution in [2.24, 2.45) is 4.99 Å². The van der Waals surface area contributed by atoms with Crippen LogP contribution in [0.25, 0.3) is 0 Å². The zero-order valence-electron chi connectivity index (χ0n) is 14.4. The minimum Gasteiger partial charge on any atom is -0.494 e. The molecule has 0 saturated heterocycles. The van der Waals surface area contributed by atoms with E-state index < -0.39 is 5.82 Å². The third-order valence-electron chi connectivity index (χ3n) is 3.53. The van der Waals surface area contributed by atoms with E-state index in [0.29, 0.717) is 28.1 Å². The fourth-order valence-corrected chi connectivity index (χ4v) is 3.43. The summed E-state index contributed by atoms with van der Waals surface area (Å²) < 4.78 is 20.4. The maximum Gasteiger partial charge on any atom is 0.223 e. The Kier molecular flexibility index (Phi) is 5.84. The zero-order valence-corrected chi connectivity index (χ0v) is 16.7. The van der Waals surface area contributed by atoms with Crippen LogP contribution in [0.2, 0.25) is 10.0 Å². The van der Waals surface area contributed by atoms with Gasteiger partial charge in [0.1, 0.15) is 22.7 Å². The van der Waals surface area contributed by atoms with Crippen molar-refractivity contribution in [1.82, 2.24) is 3.96 Å². The predicted molar refractivity (Wildman–Crippen MR) is 108 cm³/mol. The van der Waals surface area contributed by atoms with Gasteiger partial charge in [-0.1, -0.05) is 34.7 Å². The Morgan fingerprint density at radius 3 is 2.63 bits per heavy atom. The number of nitrogens with zero attached hydrogens (tertiary/aromatic N) is 2. The van der Waals surface area contributed by atoms with Crippen molar-refractivity contribution in [2.45, 2.75) is 6.92 Å². The van der Waals surface area contributed by atoms with Gasteiger partial charge in [-0.3, -0.25) is 5.41 Å². The number of aryl methyl sites for hydroxylation is 1. The van der Waals surface area contributed by atoms with Gasteiger partial charge >= 0.3 is 0 Å². The number of halogens is 3. The second kappa shape index (κ2) is 8.12. The van der Waals surface area contributed by atoms with E-state index in [4.69, 9.17) is 33.3 Å². The molecule has 3 rings (SSSR count). The molecule has 27 heavy (non-hydrogen) atoms.